The van der Waals surface area contributed by atoms with E-state index in [1.807, 2.05) is 48.8 Å². The SMILES string of the molecule is c1cc[nH]c1.c1ccc2[nH]cnc2c1. The van der Waals surface area contributed by atoms with Crippen molar-refractivity contribution in [1.82, 2.24) is 15.0 Å². The Bertz CT molecular complexity index is 421. The molecule has 3 rings (SSSR count). The van der Waals surface area contributed by atoms with E-state index in [9.17, 15) is 0 Å². The Labute approximate surface area is 81.8 Å². The Hall–Kier alpha value is -2.03. The van der Waals surface area contributed by atoms with Gasteiger partial charge in [-0.25, -0.2) is 4.98 Å². The van der Waals surface area contributed by atoms with Crippen LogP contribution in [0, 0.1) is 0 Å². The summed E-state index contributed by atoms with van der Waals surface area (Å²) in [7, 11) is 0. The molecule has 0 aliphatic rings. The van der Waals surface area contributed by atoms with Gasteiger partial charge < -0.3 is 9.97 Å². The van der Waals surface area contributed by atoms with Crippen LogP contribution in [-0.2, 0) is 0 Å². The summed E-state index contributed by atoms with van der Waals surface area (Å²) in [5.41, 5.74) is 2.12. The van der Waals surface area contributed by atoms with Crippen LogP contribution in [0.2, 0.25) is 0 Å². The lowest BCUT2D eigenvalue weighted by Gasteiger charge is -1.81. The molecule has 0 amide bonds. The molecule has 0 saturated carbocycles. The van der Waals surface area contributed by atoms with Gasteiger partial charge in [0.1, 0.15) is 0 Å². The predicted octanol–water partition coefficient (Wildman–Crippen LogP) is 2.58. The van der Waals surface area contributed by atoms with E-state index in [1.165, 1.54) is 0 Å². The molecule has 0 aliphatic heterocycles. The highest BCUT2D eigenvalue weighted by molar-refractivity contribution is 5.73. The minimum Gasteiger partial charge on any atom is -0.368 e. The maximum absolute atomic E-state index is 4.06. The molecule has 3 aromatic rings. The molecule has 0 atom stereocenters. The lowest BCUT2D eigenvalue weighted by atomic mass is 10.3. The summed E-state index contributed by atoms with van der Waals surface area (Å²) < 4.78 is 0. The van der Waals surface area contributed by atoms with Crippen LogP contribution in [-0.4, -0.2) is 15.0 Å². The van der Waals surface area contributed by atoms with Crippen molar-refractivity contribution in [2.75, 3.05) is 0 Å². The Morgan fingerprint density at radius 2 is 1.71 bits per heavy atom. The van der Waals surface area contributed by atoms with Crippen molar-refractivity contribution in [2.45, 2.75) is 0 Å². The number of hydrogen-bond acceptors (Lipinski definition) is 1. The number of H-pyrrole nitrogens is 2. The van der Waals surface area contributed by atoms with E-state index in [2.05, 4.69) is 15.0 Å². The van der Waals surface area contributed by atoms with Gasteiger partial charge in [0.25, 0.3) is 0 Å². The fraction of sp³-hybridized carbons (Fsp3) is 0. The second kappa shape index (κ2) is 4.28. The zero-order valence-corrected chi connectivity index (χ0v) is 7.64. The quantitative estimate of drug-likeness (QED) is 0.555. The fourth-order valence-corrected chi connectivity index (χ4v) is 1.16. The van der Waals surface area contributed by atoms with Crippen molar-refractivity contribution in [3.05, 3.63) is 55.1 Å². The highest BCUT2D eigenvalue weighted by Crippen LogP contribution is 2.05. The first-order valence-corrected chi connectivity index (χ1v) is 4.43. The molecule has 0 unspecified atom stereocenters. The number of fused-ring (bicyclic) bond motifs is 1. The van der Waals surface area contributed by atoms with Gasteiger partial charge in [-0.3, -0.25) is 0 Å². The van der Waals surface area contributed by atoms with Crippen LogP contribution in [0.1, 0.15) is 0 Å². The normalized spacial score (nSPS) is 9.43. The Morgan fingerprint density at radius 3 is 2.36 bits per heavy atom. The maximum atomic E-state index is 4.06. The Morgan fingerprint density at radius 1 is 0.929 bits per heavy atom. The van der Waals surface area contributed by atoms with E-state index < -0.39 is 0 Å². The molecule has 0 radical (unpaired) electrons. The monoisotopic (exact) mass is 185 g/mol. The lowest BCUT2D eigenvalue weighted by Crippen LogP contribution is -1.63. The molecule has 2 aromatic heterocycles. The first kappa shape index (κ1) is 8.56. The standard InChI is InChI=1S/C7H6N2.C4H5N/c1-2-4-7-6(3-1)8-5-9-7;1-2-4-5-3-1/h1-5H,(H,8,9);1-5H. The highest BCUT2D eigenvalue weighted by atomic mass is 14.9. The second-order valence-corrected chi connectivity index (χ2v) is 2.80. The van der Waals surface area contributed by atoms with Crippen LogP contribution in [0.25, 0.3) is 11.0 Å². The molecule has 0 saturated heterocycles. The fourth-order valence-electron chi connectivity index (χ4n) is 1.16. The first-order valence-electron chi connectivity index (χ1n) is 4.43. The Kier molecular flexibility index (Phi) is 2.62. The zero-order chi connectivity index (χ0) is 9.64. The van der Waals surface area contributed by atoms with Crippen molar-refractivity contribution < 1.29 is 0 Å². The summed E-state index contributed by atoms with van der Waals surface area (Å²) in [6, 6.07) is 11.8. The molecule has 0 bridgehead atoms. The van der Waals surface area contributed by atoms with Crippen molar-refractivity contribution in [3.63, 3.8) is 0 Å². The van der Waals surface area contributed by atoms with Crippen molar-refractivity contribution in [1.29, 1.82) is 0 Å². The molecule has 14 heavy (non-hydrogen) atoms. The zero-order valence-electron chi connectivity index (χ0n) is 7.64. The molecular weight excluding hydrogens is 174 g/mol. The molecular formula is C11H11N3. The third-order valence-corrected chi connectivity index (χ3v) is 1.82. The smallest absolute Gasteiger partial charge is 0.0931 e. The van der Waals surface area contributed by atoms with Gasteiger partial charge >= 0.3 is 0 Å². The maximum Gasteiger partial charge on any atom is 0.0931 e. The minimum absolute atomic E-state index is 1.03. The van der Waals surface area contributed by atoms with Gasteiger partial charge in [0.15, 0.2) is 0 Å². The number of nitrogens with one attached hydrogen (secondary N) is 2. The van der Waals surface area contributed by atoms with Crippen LogP contribution >= 0.6 is 0 Å². The van der Waals surface area contributed by atoms with E-state index in [0.29, 0.717) is 0 Å². The van der Waals surface area contributed by atoms with E-state index in [0.717, 1.165) is 11.0 Å². The number of hydrogen-bond donors (Lipinski definition) is 2. The van der Waals surface area contributed by atoms with E-state index >= 15 is 0 Å². The van der Waals surface area contributed by atoms with E-state index in [4.69, 9.17) is 0 Å². The number of rotatable bonds is 0. The molecule has 70 valence electrons. The van der Waals surface area contributed by atoms with Crippen LogP contribution in [0.4, 0.5) is 0 Å². The third-order valence-electron chi connectivity index (χ3n) is 1.82. The predicted molar refractivity (Wildman–Crippen MR) is 56.9 cm³/mol. The minimum atomic E-state index is 1.03. The average Bonchev–Trinajstić information content (AvgIpc) is 2.92. The van der Waals surface area contributed by atoms with Crippen LogP contribution in [0.5, 0.6) is 0 Å². The Balaban J connectivity index is 0.000000128. The first-order chi connectivity index (χ1) is 6.97. The summed E-state index contributed by atoms with van der Waals surface area (Å²) in [6.07, 6.45) is 5.45. The van der Waals surface area contributed by atoms with Crippen molar-refractivity contribution in [2.24, 2.45) is 0 Å². The number of para-hydroxylation sites is 2. The second-order valence-electron chi connectivity index (χ2n) is 2.80. The number of nitrogens with zero attached hydrogens (tertiary/aromatic N) is 1. The molecule has 2 heterocycles. The molecule has 2 N–H and O–H groups in total. The average molecular weight is 185 g/mol. The number of imidazole rings is 1. The topological polar surface area (TPSA) is 44.5 Å². The highest BCUT2D eigenvalue weighted by Gasteiger charge is 1.88. The molecule has 0 fully saturated rings. The molecule has 1 aromatic carbocycles. The summed E-state index contributed by atoms with van der Waals surface area (Å²) in [5.74, 6) is 0. The van der Waals surface area contributed by atoms with Gasteiger partial charge in [0, 0.05) is 12.4 Å². The molecule has 0 spiro atoms. The number of aromatic amines is 2. The van der Waals surface area contributed by atoms with Gasteiger partial charge in [-0.2, -0.15) is 0 Å². The lowest BCUT2D eigenvalue weighted by molar-refractivity contribution is 1.34. The number of aromatic nitrogens is 3. The van der Waals surface area contributed by atoms with Crippen LogP contribution in [0.3, 0.4) is 0 Å². The van der Waals surface area contributed by atoms with Crippen molar-refractivity contribution in [3.8, 4) is 0 Å². The molecule has 3 heteroatoms. The number of benzene rings is 1. The van der Waals surface area contributed by atoms with Crippen molar-refractivity contribution >= 4 is 11.0 Å². The van der Waals surface area contributed by atoms with Gasteiger partial charge in [-0.1, -0.05) is 12.1 Å². The summed E-state index contributed by atoms with van der Waals surface area (Å²) >= 11 is 0. The largest absolute Gasteiger partial charge is 0.368 e. The third kappa shape index (κ3) is 2.01. The summed E-state index contributed by atoms with van der Waals surface area (Å²) in [4.78, 5) is 9.93. The molecule has 0 aliphatic carbocycles. The van der Waals surface area contributed by atoms with Gasteiger partial charge in [-0.15, -0.1) is 0 Å². The summed E-state index contributed by atoms with van der Waals surface area (Å²) in [5, 5.41) is 0. The van der Waals surface area contributed by atoms with Crippen LogP contribution < -0.4 is 0 Å². The molecule has 3 nitrogen and oxygen atoms in total. The van der Waals surface area contributed by atoms with E-state index in [-0.39, 0.29) is 0 Å². The van der Waals surface area contributed by atoms with Gasteiger partial charge in [-0.05, 0) is 24.3 Å². The van der Waals surface area contributed by atoms with E-state index in [1.54, 1.807) is 6.33 Å². The van der Waals surface area contributed by atoms with Gasteiger partial charge in [0.2, 0.25) is 0 Å². The summed E-state index contributed by atoms with van der Waals surface area (Å²) in [6.45, 7) is 0. The van der Waals surface area contributed by atoms with Crippen LogP contribution in [0.15, 0.2) is 55.1 Å². The van der Waals surface area contributed by atoms with Gasteiger partial charge in [0.05, 0.1) is 17.4 Å².